The molecule has 1 saturated heterocycles. The van der Waals surface area contributed by atoms with Crippen molar-refractivity contribution in [3.8, 4) is 0 Å². The molecule has 1 fully saturated rings. The minimum absolute atomic E-state index is 0. The second-order valence-corrected chi connectivity index (χ2v) is 2.95. The molecule has 1 heterocycles. The van der Waals surface area contributed by atoms with E-state index in [1.54, 1.807) is 0 Å². The second kappa shape index (κ2) is 1.41. The van der Waals surface area contributed by atoms with E-state index in [1.165, 1.54) is 0 Å². The summed E-state index contributed by atoms with van der Waals surface area (Å²) in [6.07, 6.45) is 0. The van der Waals surface area contributed by atoms with Crippen molar-refractivity contribution < 1.29 is 24.0 Å². The second-order valence-electron chi connectivity index (χ2n) is 0.982. The van der Waals surface area contributed by atoms with Crippen LogP contribution in [0, 0.1) is 0 Å². The molecule has 1 aliphatic rings. The van der Waals surface area contributed by atoms with Crippen molar-refractivity contribution in [1.82, 2.24) is 0 Å². The Hall–Kier alpha value is 0.827. The fraction of sp³-hybridized carbons (Fsp3) is 0. The molecule has 1 rings (SSSR count). The molecule has 3 N–H and O–H groups in total. The molecule has 0 unspecified atom stereocenters. The normalized spacial score (nSPS) is 36.7. The molecule has 0 bridgehead atoms. The van der Waals surface area contributed by atoms with Gasteiger partial charge in [0.25, 0.3) is 0 Å². The zero-order valence-corrected chi connectivity index (χ0v) is 3.50. The minimum atomic E-state index is -4.80. The van der Waals surface area contributed by atoms with Gasteiger partial charge in [0.05, 0.1) is 0 Å². The Kier molecular flexibility index (Phi) is 1.58. The number of hydrogen-bond acceptors (Lipinski definition) is 5. The van der Waals surface area contributed by atoms with Gasteiger partial charge in [-0.15, -0.1) is 0 Å². The third kappa shape index (κ3) is 2.60. The predicted octanol–water partition coefficient (Wildman–Crippen LogP) is -1.60. The van der Waals surface area contributed by atoms with Crippen molar-refractivity contribution in [2.45, 2.75) is 0 Å². The molecule has 40 valence electrons. The van der Waals surface area contributed by atoms with E-state index in [1.807, 2.05) is 0 Å². The molecule has 7 heteroatoms. The van der Waals surface area contributed by atoms with Gasteiger partial charge in [-0.3, -0.25) is 0 Å². The fourth-order valence-corrected chi connectivity index (χ4v) is 0.402. The van der Waals surface area contributed by atoms with E-state index in [0.29, 0.717) is 0 Å². The third-order valence-electron chi connectivity index (χ3n) is 0.275. The number of rotatable bonds is 0. The first-order valence-corrected chi connectivity index (χ1v) is 3.06. The van der Waals surface area contributed by atoms with Crippen LogP contribution >= 0.6 is 7.74 Å². The van der Waals surface area contributed by atoms with Gasteiger partial charge in [-0.25, -0.2) is 0 Å². The van der Waals surface area contributed by atoms with Gasteiger partial charge in [-0.2, -0.15) is 0 Å². The molecule has 0 aromatic carbocycles. The molecule has 0 amide bonds. The average Bonchev–Trinajstić information content (AvgIpc) is 1.73. The molecule has 5 nitrogen and oxygen atoms in total. The van der Waals surface area contributed by atoms with Crippen LogP contribution in [0.4, 0.5) is 0 Å². The monoisotopic (exact) mass is 122 g/mol. The van der Waals surface area contributed by atoms with Gasteiger partial charge >= 0.3 is 50.6 Å². The Morgan fingerprint density at radius 1 is 1.00 bits per heavy atom. The molecule has 7 heavy (non-hydrogen) atoms. The van der Waals surface area contributed by atoms with Crippen LogP contribution in [0.3, 0.4) is 0 Å². The Bertz CT molecular complexity index is 71.8. The van der Waals surface area contributed by atoms with E-state index >= 15 is 0 Å². The number of hydrogen-bond donors (Lipinski definition) is 3. The summed E-state index contributed by atoms with van der Waals surface area (Å²) < 4.78 is 6.76. The molecule has 0 radical (unpaired) electrons. The van der Waals surface area contributed by atoms with E-state index in [4.69, 9.17) is 14.7 Å². The molecule has 0 spiro atoms. The van der Waals surface area contributed by atoms with E-state index < -0.39 is 7.74 Å². The Labute approximate surface area is 51.3 Å². The van der Waals surface area contributed by atoms with Gasteiger partial charge in [-0.1, -0.05) is 0 Å². The van der Waals surface area contributed by atoms with E-state index in [2.05, 4.69) is 9.35 Å². The SMILES string of the molecule is OP1(O)(O)OO1.[LiH]. The van der Waals surface area contributed by atoms with E-state index in [9.17, 15) is 0 Å². The van der Waals surface area contributed by atoms with E-state index in [-0.39, 0.29) is 18.9 Å². The Morgan fingerprint density at radius 2 is 1.14 bits per heavy atom. The van der Waals surface area contributed by atoms with Crippen LogP contribution in [0.5, 0.6) is 0 Å². The Morgan fingerprint density at radius 3 is 1.14 bits per heavy atom. The summed E-state index contributed by atoms with van der Waals surface area (Å²) in [6, 6.07) is 0. The van der Waals surface area contributed by atoms with Crippen molar-refractivity contribution >= 4 is 26.6 Å². The van der Waals surface area contributed by atoms with Crippen LogP contribution in [0.25, 0.3) is 0 Å². The molecule has 1 aliphatic heterocycles. The fourth-order valence-electron chi connectivity index (χ4n) is 0.0447. The summed E-state index contributed by atoms with van der Waals surface area (Å²) in [5, 5.41) is 0. The van der Waals surface area contributed by atoms with Crippen LogP contribution < -0.4 is 0 Å². The molecule has 0 aromatic heterocycles. The van der Waals surface area contributed by atoms with Gasteiger partial charge in [0.2, 0.25) is 0 Å². The summed E-state index contributed by atoms with van der Waals surface area (Å²) >= 11 is 0. The predicted molar refractivity (Wildman–Crippen MR) is 22.9 cm³/mol. The van der Waals surface area contributed by atoms with Crippen LogP contribution in [0.1, 0.15) is 0 Å². The Balaban J connectivity index is 0.000000360. The zero-order chi connectivity index (χ0) is 4.86. The summed E-state index contributed by atoms with van der Waals surface area (Å²) in [6.45, 7) is 0. The maximum atomic E-state index is 7.89. The molecule has 0 aromatic rings. The van der Waals surface area contributed by atoms with Crippen LogP contribution in [0.2, 0.25) is 0 Å². The molecular formula is H4LiO5P. The standard InChI is InChI=1S/Li.H3O5P.H/c;1-6(2,3)4-5-6;/h;1-3H;. The van der Waals surface area contributed by atoms with Crippen molar-refractivity contribution in [2.24, 2.45) is 0 Å². The van der Waals surface area contributed by atoms with Crippen molar-refractivity contribution in [2.75, 3.05) is 0 Å². The van der Waals surface area contributed by atoms with Gasteiger partial charge in [0.15, 0.2) is 0 Å². The molecule has 0 aliphatic carbocycles. The molecular weight excluding hydrogens is 118 g/mol. The van der Waals surface area contributed by atoms with E-state index in [0.717, 1.165) is 0 Å². The summed E-state index contributed by atoms with van der Waals surface area (Å²) in [5.41, 5.74) is 0. The first-order chi connectivity index (χ1) is 2.47. The molecule has 0 atom stereocenters. The summed E-state index contributed by atoms with van der Waals surface area (Å²) in [7, 11) is -4.80. The topological polar surface area (TPSA) is 85.8 Å². The van der Waals surface area contributed by atoms with Gasteiger partial charge in [0, 0.05) is 0 Å². The van der Waals surface area contributed by atoms with Crippen molar-refractivity contribution in [1.29, 1.82) is 0 Å². The molecule has 0 saturated carbocycles. The van der Waals surface area contributed by atoms with Gasteiger partial charge < -0.3 is 0 Å². The third-order valence-corrected chi connectivity index (χ3v) is 0.824. The van der Waals surface area contributed by atoms with Crippen LogP contribution in [0.15, 0.2) is 0 Å². The summed E-state index contributed by atoms with van der Waals surface area (Å²) in [4.78, 5) is 23.7. The summed E-state index contributed by atoms with van der Waals surface area (Å²) in [5.74, 6) is 0. The van der Waals surface area contributed by atoms with Crippen LogP contribution in [-0.2, 0) is 9.35 Å². The van der Waals surface area contributed by atoms with Crippen molar-refractivity contribution in [3.63, 3.8) is 0 Å². The van der Waals surface area contributed by atoms with Crippen molar-refractivity contribution in [3.05, 3.63) is 0 Å². The quantitative estimate of drug-likeness (QED) is 0.156. The van der Waals surface area contributed by atoms with Crippen LogP contribution in [-0.4, -0.2) is 33.5 Å². The van der Waals surface area contributed by atoms with Gasteiger partial charge in [-0.05, 0) is 0 Å². The van der Waals surface area contributed by atoms with Gasteiger partial charge in [0.1, 0.15) is 0 Å². The average molecular weight is 122 g/mol. The zero-order valence-electron chi connectivity index (χ0n) is 2.61. The first-order valence-electron chi connectivity index (χ1n) is 1.13. The first kappa shape index (κ1) is 7.83. The maximum absolute atomic E-state index is 7.89.